The zero-order valence-electron chi connectivity index (χ0n) is 17.8. The van der Waals surface area contributed by atoms with E-state index in [9.17, 15) is 0 Å². The van der Waals surface area contributed by atoms with Crippen molar-refractivity contribution in [3.05, 3.63) is 64.7 Å². The number of fused-ring (bicyclic) bond motifs is 1. The highest BCUT2D eigenvalue weighted by Gasteiger charge is 2.15. The van der Waals surface area contributed by atoms with Gasteiger partial charge in [-0.1, -0.05) is 31.5 Å². The van der Waals surface area contributed by atoms with E-state index in [0.717, 1.165) is 53.6 Å². The first-order valence-corrected chi connectivity index (χ1v) is 10.1. The van der Waals surface area contributed by atoms with Gasteiger partial charge < -0.3 is 5.32 Å². The summed E-state index contributed by atoms with van der Waals surface area (Å²) in [4.78, 5) is 9.49. The summed E-state index contributed by atoms with van der Waals surface area (Å²) < 4.78 is 3.93. The molecule has 0 amide bonds. The lowest BCUT2D eigenvalue weighted by Gasteiger charge is -2.14. The van der Waals surface area contributed by atoms with Crippen LogP contribution in [-0.2, 0) is 20.0 Å². The van der Waals surface area contributed by atoms with Gasteiger partial charge in [0.25, 0.3) is 0 Å². The number of anilines is 1. The van der Waals surface area contributed by atoms with Gasteiger partial charge in [-0.25, -0.2) is 9.97 Å². The zero-order valence-corrected chi connectivity index (χ0v) is 17.8. The van der Waals surface area contributed by atoms with Crippen molar-refractivity contribution >= 4 is 11.6 Å². The van der Waals surface area contributed by atoms with Gasteiger partial charge in [-0.3, -0.25) is 9.08 Å². The minimum atomic E-state index is 0.737. The number of imidazole rings is 1. The number of nitrogens with zero attached hydrogens (tertiary/aromatic N) is 5. The first-order chi connectivity index (χ1) is 14.0. The van der Waals surface area contributed by atoms with Crippen molar-refractivity contribution in [2.45, 2.75) is 47.1 Å². The fourth-order valence-corrected chi connectivity index (χ4v) is 3.98. The number of nitrogens with one attached hydrogen (secondary N) is 1. The molecule has 4 rings (SSSR count). The van der Waals surface area contributed by atoms with Crippen molar-refractivity contribution in [3.8, 4) is 11.3 Å². The maximum atomic E-state index is 4.76. The van der Waals surface area contributed by atoms with E-state index < -0.39 is 0 Å². The smallest absolute Gasteiger partial charge is 0.208 e. The number of rotatable bonds is 6. The lowest BCUT2D eigenvalue weighted by Crippen LogP contribution is -2.09. The SMILES string of the molecule is CCCc1c(C)cccc1CNc1ncc(-c2cc(C)nn2C)c2nc(C)cn12. The molecule has 0 aliphatic carbocycles. The third kappa shape index (κ3) is 3.62. The molecule has 0 aliphatic heterocycles. The highest BCUT2D eigenvalue weighted by Crippen LogP contribution is 2.26. The number of aromatic nitrogens is 5. The topological polar surface area (TPSA) is 60.0 Å². The third-order valence-corrected chi connectivity index (χ3v) is 5.33. The van der Waals surface area contributed by atoms with Crippen LogP contribution in [0.5, 0.6) is 0 Å². The third-order valence-electron chi connectivity index (χ3n) is 5.33. The molecule has 0 fully saturated rings. The molecule has 1 aromatic carbocycles. The summed E-state index contributed by atoms with van der Waals surface area (Å²) in [5.74, 6) is 0.798. The molecule has 4 aromatic rings. The molecule has 0 aliphatic rings. The molecular formula is C23H28N6. The molecule has 150 valence electrons. The van der Waals surface area contributed by atoms with Gasteiger partial charge in [0.2, 0.25) is 5.95 Å². The molecule has 0 unspecified atom stereocenters. The van der Waals surface area contributed by atoms with Gasteiger partial charge in [0, 0.05) is 26.0 Å². The van der Waals surface area contributed by atoms with Crippen molar-refractivity contribution in [1.82, 2.24) is 24.1 Å². The summed E-state index contributed by atoms with van der Waals surface area (Å²) in [5, 5.41) is 8.00. The fourth-order valence-electron chi connectivity index (χ4n) is 3.98. The molecule has 6 nitrogen and oxygen atoms in total. The summed E-state index contributed by atoms with van der Waals surface area (Å²) in [5.41, 5.74) is 8.94. The maximum Gasteiger partial charge on any atom is 0.208 e. The van der Waals surface area contributed by atoms with Crippen LogP contribution in [-0.4, -0.2) is 24.1 Å². The Bertz CT molecular complexity index is 1170. The Hall–Kier alpha value is -3.15. The molecule has 0 atom stereocenters. The molecule has 29 heavy (non-hydrogen) atoms. The van der Waals surface area contributed by atoms with Gasteiger partial charge in [-0.15, -0.1) is 0 Å². The average molecular weight is 389 g/mol. The molecule has 0 radical (unpaired) electrons. The van der Waals surface area contributed by atoms with Crippen molar-refractivity contribution in [1.29, 1.82) is 0 Å². The minimum absolute atomic E-state index is 0.737. The van der Waals surface area contributed by atoms with Crippen LogP contribution in [0.15, 0.2) is 36.7 Å². The Morgan fingerprint density at radius 1 is 1.10 bits per heavy atom. The summed E-state index contributed by atoms with van der Waals surface area (Å²) in [6.45, 7) is 9.16. The highest BCUT2D eigenvalue weighted by atomic mass is 15.3. The first kappa shape index (κ1) is 19.2. The fraction of sp³-hybridized carbons (Fsp3) is 0.348. The monoisotopic (exact) mass is 388 g/mol. The van der Waals surface area contributed by atoms with Crippen LogP contribution in [0.4, 0.5) is 5.95 Å². The van der Waals surface area contributed by atoms with Gasteiger partial charge >= 0.3 is 0 Å². The largest absolute Gasteiger partial charge is 0.351 e. The van der Waals surface area contributed by atoms with Gasteiger partial charge in [0.05, 0.1) is 22.6 Å². The Balaban J connectivity index is 1.71. The van der Waals surface area contributed by atoms with E-state index in [0.29, 0.717) is 0 Å². The molecule has 0 saturated heterocycles. The van der Waals surface area contributed by atoms with Crippen molar-refractivity contribution < 1.29 is 0 Å². The van der Waals surface area contributed by atoms with Gasteiger partial charge in [0.1, 0.15) is 0 Å². The number of aryl methyl sites for hydroxylation is 4. The Labute approximate surface area is 171 Å². The first-order valence-electron chi connectivity index (χ1n) is 10.1. The Kier molecular flexibility index (Phi) is 5.09. The summed E-state index contributed by atoms with van der Waals surface area (Å²) in [6, 6.07) is 8.59. The lowest BCUT2D eigenvalue weighted by molar-refractivity contribution is 0.763. The summed E-state index contributed by atoms with van der Waals surface area (Å²) >= 11 is 0. The van der Waals surface area contributed by atoms with E-state index in [1.807, 2.05) is 42.4 Å². The van der Waals surface area contributed by atoms with Crippen LogP contribution in [0.1, 0.15) is 41.4 Å². The predicted molar refractivity (Wildman–Crippen MR) is 117 cm³/mol. The summed E-state index contributed by atoms with van der Waals surface area (Å²) in [6.07, 6.45) is 6.15. The summed E-state index contributed by atoms with van der Waals surface area (Å²) in [7, 11) is 1.95. The van der Waals surface area contributed by atoms with Gasteiger partial charge in [0.15, 0.2) is 5.65 Å². The lowest BCUT2D eigenvalue weighted by atomic mass is 9.98. The highest BCUT2D eigenvalue weighted by molar-refractivity contribution is 5.76. The zero-order chi connectivity index (χ0) is 20.5. The molecule has 6 heteroatoms. The molecule has 1 N–H and O–H groups in total. The van der Waals surface area contributed by atoms with Gasteiger partial charge in [-0.05, 0) is 49.9 Å². The molecule has 0 bridgehead atoms. The maximum absolute atomic E-state index is 4.76. The van der Waals surface area contributed by atoms with Crippen LogP contribution in [0.25, 0.3) is 16.9 Å². The number of hydrogen-bond donors (Lipinski definition) is 1. The molecule has 3 heterocycles. The van der Waals surface area contributed by atoms with E-state index in [1.54, 1.807) is 0 Å². The molecule has 0 spiro atoms. The van der Waals surface area contributed by atoms with E-state index >= 15 is 0 Å². The second kappa shape index (κ2) is 7.70. The van der Waals surface area contributed by atoms with Crippen LogP contribution in [0.3, 0.4) is 0 Å². The van der Waals surface area contributed by atoms with E-state index in [2.05, 4.69) is 48.5 Å². The van der Waals surface area contributed by atoms with E-state index in [-0.39, 0.29) is 0 Å². The number of hydrogen-bond acceptors (Lipinski definition) is 4. The molecule has 3 aromatic heterocycles. The number of benzene rings is 1. The predicted octanol–water partition coefficient (Wildman–Crippen LogP) is 4.62. The van der Waals surface area contributed by atoms with Crippen molar-refractivity contribution in [2.24, 2.45) is 7.05 Å². The van der Waals surface area contributed by atoms with Crippen LogP contribution >= 0.6 is 0 Å². The van der Waals surface area contributed by atoms with Crippen molar-refractivity contribution in [2.75, 3.05) is 5.32 Å². The molecular weight excluding hydrogens is 360 g/mol. The second-order valence-corrected chi connectivity index (χ2v) is 7.68. The standard InChI is InChI=1S/C23H28N6/c1-6-8-19-15(2)9-7-10-18(19)12-24-23-25-13-20(21-11-16(3)27-28(21)5)22-26-17(4)14-29(22)23/h7,9-11,13-14H,6,8,12H2,1-5H3,(H,24,25). The van der Waals surface area contributed by atoms with Crippen molar-refractivity contribution in [3.63, 3.8) is 0 Å². The van der Waals surface area contributed by atoms with Crippen LogP contribution in [0, 0.1) is 20.8 Å². The minimum Gasteiger partial charge on any atom is -0.351 e. The Morgan fingerprint density at radius 2 is 1.93 bits per heavy atom. The molecule has 0 saturated carbocycles. The quantitative estimate of drug-likeness (QED) is 0.524. The van der Waals surface area contributed by atoms with Crippen LogP contribution < -0.4 is 5.32 Å². The van der Waals surface area contributed by atoms with E-state index in [1.165, 1.54) is 16.7 Å². The van der Waals surface area contributed by atoms with E-state index in [4.69, 9.17) is 9.97 Å². The average Bonchev–Trinajstić information content (AvgIpc) is 3.23. The normalized spacial score (nSPS) is 11.3. The van der Waals surface area contributed by atoms with Crippen LogP contribution in [0.2, 0.25) is 0 Å². The second-order valence-electron chi connectivity index (χ2n) is 7.68. The van der Waals surface area contributed by atoms with Gasteiger partial charge in [-0.2, -0.15) is 5.10 Å². The Morgan fingerprint density at radius 3 is 2.66 bits per heavy atom.